The molecule has 0 fully saturated rings. The quantitative estimate of drug-likeness (QED) is 0.730. The standard InChI is InChI=1S/C12H15NO3/c1-8-3-4-10(5-9(8)2)6-11(12(15)16)13-7-14/h3-5,7,11H,6H2,1-2H3,(H,13,14)(H,15,16). The Morgan fingerprint density at radius 1 is 1.44 bits per heavy atom. The molecule has 16 heavy (non-hydrogen) atoms. The van der Waals surface area contributed by atoms with E-state index in [1.807, 2.05) is 32.0 Å². The molecule has 0 aliphatic rings. The average molecular weight is 221 g/mol. The molecule has 0 saturated carbocycles. The van der Waals surface area contributed by atoms with Crippen LogP contribution in [0.1, 0.15) is 16.7 Å². The fourth-order valence-electron chi connectivity index (χ4n) is 1.47. The molecule has 0 spiro atoms. The molecule has 0 aromatic heterocycles. The van der Waals surface area contributed by atoms with E-state index < -0.39 is 12.0 Å². The molecule has 4 heteroatoms. The Labute approximate surface area is 94.3 Å². The second kappa shape index (κ2) is 5.30. The highest BCUT2D eigenvalue weighted by Gasteiger charge is 2.16. The van der Waals surface area contributed by atoms with Gasteiger partial charge in [-0.1, -0.05) is 18.2 Å². The van der Waals surface area contributed by atoms with Crippen molar-refractivity contribution in [1.29, 1.82) is 0 Å². The van der Waals surface area contributed by atoms with Crippen molar-refractivity contribution in [2.75, 3.05) is 0 Å². The van der Waals surface area contributed by atoms with E-state index in [4.69, 9.17) is 5.11 Å². The first kappa shape index (κ1) is 12.2. The topological polar surface area (TPSA) is 66.4 Å². The smallest absolute Gasteiger partial charge is 0.326 e. The van der Waals surface area contributed by atoms with E-state index in [2.05, 4.69) is 5.32 Å². The molecule has 86 valence electrons. The Hall–Kier alpha value is -1.84. The van der Waals surface area contributed by atoms with E-state index >= 15 is 0 Å². The van der Waals surface area contributed by atoms with Crippen LogP contribution >= 0.6 is 0 Å². The van der Waals surface area contributed by atoms with Crippen molar-refractivity contribution in [3.63, 3.8) is 0 Å². The lowest BCUT2D eigenvalue weighted by atomic mass is 10.0. The van der Waals surface area contributed by atoms with Crippen LogP contribution in [-0.2, 0) is 16.0 Å². The van der Waals surface area contributed by atoms with Gasteiger partial charge in [0, 0.05) is 6.42 Å². The molecule has 0 aliphatic carbocycles. The van der Waals surface area contributed by atoms with Gasteiger partial charge >= 0.3 is 5.97 Å². The van der Waals surface area contributed by atoms with E-state index in [9.17, 15) is 9.59 Å². The summed E-state index contributed by atoms with van der Waals surface area (Å²) >= 11 is 0. The first-order chi connectivity index (χ1) is 7.54. The summed E-state index contributed by atoms with van der Waals surface area (Å²) in [6.45, 7) is 3.97. The summed E-state index contributed by atoms with van der Waals surface area (Å²) in [5.74, 6) is -1.02. The predicted molar refractivity (Wildman–Crippen MR) is 60.2 cm³/mol. The number of carbonyl (C=O) groups is 2. The maximum absolute atomic E-state index is 10.8. The zero-order chi connectivity index (χ0) is 12.1. The molecule has 0 bridgehead atoms. The number of hydrogen-bond acceptors (Lipinski definition) is 2. The van der Waals surface area contributed by atoms with E-state index in [0.717, 1.165) is 11.1 Å². The van der Waals surface area contributed by atoms with Gasteiger partial charge in [-0.25, -0.2) is 4.79 Å². The van der Waals surface area contributed by atoms with Gasteiger partial charge in [-0.05, 0) is 30.5 Å². The SMILES string of the molecule is Cc1ccc(CC(NC=O)C(=O)O)cc1C. The van der Waals surface area contributed by atoms with Crippen molar-refractivity contribution in [3.8, 4) is 0 Å². The molecule has 0 saturated heterocycles. The predicted octanol–water partition coefficient (Wildman–Crippen LogP) is 1.05. The highest BCUT2D eigenvalue weighted by atomic mass is 16.4. The van der Waals surface area contributed by atoms with E-state index in [1.54, 1.807) is 0 Å². The van der Waals surface area contributed by atoms with Gasteiger partial charge < -0.3 is 10.4 Å². The number of carbonyl (C=O) groups excluding carboxylic acids is 1. The second-order valence-corrected chi connectivity index (χ2v) is 3.80. The first-order valence-electron chi connectivity index (χ1n) is 5.03. The molecule has 1 rings (SSSR count). The Morgan fingerprint density at radius 3 is 2.62 bits per heavy atom. The molecule has 1 unspecified atom stereocenters. The lowest BCUT2D eigenvalue weighted by Gasteiger charge is -2.12. The van der Waals surface area contributed by atoms with Crippen LogP contribution in [0.5, 0.6) is 0 Å². The van der Waals surface area contributed by atoms with Crippen LogP contribution in [0.4, 0.5) is 0 Å². The maximum atomic E-state index is 10.8. The van der Waals surface area contributed by atoms with Crippen molar-refractivity contribution in [3.05, 3.63) is 34.9 Å². The average Bonchev–Trinajstić information content (AvgIpc) is 2.22. The van der Waals surface area contributed by atoms with Gasteiger partial charge in [0.1, 0.15) is 6.04 Å². The number of amides is 1. The second-order valence-electron chi connectivity index (χ2n) is 3.80. The summed E-state index contributed by atoms with van der Waals surface area (Å²) < 4.78 is 0. The van der Waals surface area contributed by atoms with Crippen molar-refractivity contribution >= 4 is 12.4 Å². The molecule has 0 aliphatic heterocycles. The number of nitrogens with one attached hydrogen (secondary N) is 1. The molecule has 1 atom stereocenters. The Bertz CT molecular complexity index is 401. The largest absolute Gasteiger partial charge is 0.480 e. The van der Waals surface area contributed by atoms with Gasteiger partial charge in [0.15, 0.2) is 0 Å². The fourth-order valence-corrected chi connectivity index (χ4v) is 1.47. The lowest BCUT2D eigenvalue weighted by Crippen LogP contribution is -2.37. The molecule has 1 amide bonds. The molecule has 4 nitrogen and oxygen atoms in total. The number of aryl methyl sites for hydroxylation is 2. The van der Waals surface area contributed by atoms with Gasteiger partial charge in [-0.15, -0.1) is 0 Å². The van der Waals surface area contributed by atoms with Gasteiger partial charge in [0.2, 0.25) is 6.41 Å². The summed E-state index contributed by atoms with van der Waals surface area (Å²) in [5.41, 5.74) is 3.19. The molecule has 0 radical (unpaired) electrons. The van der Waals surface area contributed by atoms with Crippen molar-refractivity contribution < 1.29 is 14.7 Å². The summed E-state index contributed by atoms with van der Waals surface area (Å²) in [4.78, 5) is 21.1. The first-order valence-corrected chi connectivity index (χ1v) is 5.03. The van der Waals surface area contributed by atoms with Crippen LogP contribution in [0.15, 0.2) is 18.2 Å². The van der Waals surface area contributed by atoms with Crippen molar-refractivity contribution in [2.24, 2.45) is 0 Å². The van der Waals surface area contributed by atoms with Gasteiger partial charge in [0.25, 0.3) is 0 Å². The minimum absolute atomic E-state index is 0.301. The minimum atomic E-state index is -1.02. The summed E-state index contributed by atoms with van der Waals surface area (Å²) in [6, 6.07) is 4.91. The number of aliphatic carboxylic acids is 1. The molecule has 0 heterocycles. The van der Waals surface area contributed by atoms with Crippen LogP contribution < -0.4 is 5.32 Å². The number of rotatable bonds is 5. The van der Waals surface area contributed by atoms with Crippen LogP contribution in [0, 0.1) is 13.8 Å². The molecule has 1 aromatic rings. The monoisotopic (exact) mass is 221 g/mol. The molecule has 2 N–H and O–H groups in total. The van der Waals surface area contributed by atoms with E-state index in [-0.39, 0.29) is 0 Å². The maximum Gasteiger partial charge on any atom is 0.326 e. The Balaban J connectivity index is 2.81. The van der Waals surface area contributed by atoms with Gasteiger partial charge in [-0.3, -0.25) is 4.79 Å². The third kappa shape index (κ3) is 3.08. The van der Waals surface area contributed by atoms with Crippen molar-refractivity contribution in [2.45, 2.75) is 26.3 Å². The van der Waals surface area contributed by atoms with Crippen LogP contribution in [-0.4, -0.2) is 23.5 Å². The molecular weight excluding hydrogens is 206 g/mol. The van der Waals surface area contributed by atoms with Crippen LogP contribution in [0.2, 0.25) is 0 Å². The Kier molecular flexibility index (Phi) is 4.05. The zero-order valence-electron chi connectivity index (χ0n) is 9.36. The third-order valence-corrected chi connectivity index (χ3v) is 2.58. The third-order valence-electron chi connectivity index (χ3n) is 2.58. The minimum Gasteiger partial charge on any atom is -0.480 e. The number of carboxylic acids is 1. The summed E-state index contributed by atoms with van der Waals surface area (Å²) in [7, 11) is 0. The normalized spacial score (nSPS) is 11.9. The number of hydrogen-bond donors (Lipinski definition) is 2. The van der Waals surface area contributed by atoms with Crippen LogP contribution in [0.3, 0.4) is 0 Å². The van der Waals surface area contributed by atoms with Crippen LogP contribution in [0.25, 0.3) is 0 Å². The highest BCUT2D eigenvalue weighted by Crippen LogP contribution is 2.11. The fraction of sp³-hybridized carbons (Fsp3) is 0.333. The molecular formula is C12H15NO3. The summed E-state index contributed by atoms with van der Waals surface area (Å²) in [5, 5.41) is 11.2. The van der Waals surface area contributed by atoms with Gasteiger partial charge in [-0.2, -0.15) is 0 Å². The highest BCUT2D eigenvalue weighted by molar-refractivity contribution is 5.76. The van der Waals surface area contributed by atoms with Gasteiger partial charge in [0.05, 0.1) is 0 Å². The molecule has 1 aromatic carbocycles. The number of carboxylic acid groups (broad SMARTS) is 1. The summed E-state index contributed by atoms with van der Waals surface area (Å²) in [6.07, 6.45) is 0.717. The van der Waals surface area contributed by atoms with E-state index in [1.165, 1.54) is 5.56 Å². The zero-order valence-corrected chi connectivity index (χ0v) is 9.36. The number of benzene rings is 1. The van der Waals surface area contributed by atoms with Crippen molar-refractivity contribution in [1.82, 2.24) is 5.32 Å². The lowest BCUT2D eigenvalue weighted by molar-refractivity contribution is -0.140. The Morgan fingerprint density at radius 2 is 2.12 bits per heavy atom. The van der Waals surface area contributed by atoms with E-state index in [0.29, 0.717) is 12.8 Å².